The molecule has 3 rings (SSSR count). The van der Waals surface area contributed by atoms with Gasteiger partial charge in [-0.3, -0.25) is 4.68 Å². The fourth-order valence-electron chi connectivity index (χ4n) is 2.93. The summed E-state index contributed by atoms with van der Waals surface area (Å²) in [4.78, 5) is 0. The Kier molecular flexibility index (Phi) is 3.62. The molecule has 20 heavy (non-hydrogen) atoms. The zero-order chi connectivity index (χ0) is 14.1. The molecule has 0 spiro atoms. The molecule has 1 saturated carbocycles. The summed E-state index contributed by atoms with van der Waals surface area (Å²) in [5.74, 6) is 0.801. The molecular weight excluding hydrogens is 246 g/mol. The van der Waals surface area contributed by atoms with Crippen LogP contribution in [0.25, 0.3) is 0 Å². The molecule has 1 aliphatic carbocycles. The van der Waals surface area contributed by atoms with Crippen molar-refractivity contribution < 1.29 is 0 Å². The lowest BCUT2D eigenvalue weighted by Gasteiger charge is -2.19. The van der Waals surface area contributed by atoms with Crippen LogP contribution in [0.3, 0.4) is 0 Å². The zero-order valence-electron chi connectivity index (χ0n) is 12.6. The molecule has 0 aliphatic heterocycles. The fraction of sp³-hybridized carbons (Fsp3) is 0.471. The lowest BCUT2D eigenvalue weighted by molar-refractivity contribution is 0.479. The molecule has 106 valence electrons. The standard InChI is InChI=1S/C17H23N3/c1-12-16(13(2)20(3)19-12)11-18-17(15-9-10-15)14-7-5-4-6-8-14/h4-8,15,17-18H,9-11H2,1-3H3. The minimum Gasteiger partial charge on any atom is -0.305 e. The van der Waals surface area contributed by atoms with Gasteiger partial charge in [0, 0.05) is 30.9 Å². The minimum atomic E-state index is 0.482. The highest BCUT2D eigenvalue weighted by molar-refractivity contribution is 5.26. The van der Waals surface area contributed by atoms with Gasteiger partial charge in [-0.15, -0.1) is 0 Å². The normalized spacial score (nSPS) is 16.4. The lowest BCUT2D eigenvalue weighted by atomic mass is 10.0. The van der Waals surface area contributed by atoms with E-state index >= 15 is 0 Å². The Bertz CT molecular complexity index is 582. The highest BCUT2D eigenvalue weighted by Crippen LogP contribution is 2.41. The molecule has 1 aromatic carbocycles. The fourth-order valence-corrected chi connectivity index (χ4v) is 2.93. The van der Waals surface area contributed by atoms with Crippen molar-refractivity contribution in [1.82, 2.24) is 15.1 Å². The average molecular weight is 269 g/mol. The summed E-state index contributed by atoms with van der Waals surface area (Å²) in [5, 5.41) is 8.25. The summed E-state index contributed by atoms with van der Waals surface area (Å²) in [6, 6.07) is 11.3. The molecule has 1 N–H and O–H groups in total. The molecule has 0 saturated heterocycles. The molecule has 1 unspecified atom stereocenters. The number of aryl methyl sites for hydroxylation is 2. The van der Waals surface area contributed by atoms with Crippen LogP contribution in [0, 0.1) is 19.8 Å². The number of rotatable bonds is 5. The first-order chi connectivity index (χ1) is 9.66. The van der Waals surface area contributed by atoms with Crippen LogP contribution in [-0.2, 0) is 13.6 Å². The maximum Gasteiger partial charge on any atom is 0.0641 e. The van der Waals surface area contributed by atoms with Crippen LogP contribution in [0.4, 0.5) is 0 Å². The van der Waals surface area contributed by atoms with E-state index < -0.39 is 0 Å². The number of nitrogens with one attached hydrogen (secondary N) is 1. The maximum absolute atomic E-state index is 4.50. The number of aromatic nitrogens is 2. The number of hydrogen-bond donors (Lipinski definition) is 1. The van der Waals surface area contributed by atoms with Gasteiger partial charge in [0.1, 0.15) is 0 Å². The van der Waals surface area contributed by atoms with Gasteiger partial charge in [0.05, 0.1) is 5.69 Å². The Morgan fingerprint density at radius 3 is 2.50 bits per heavy atom. The Morgan fingerprint density at radius 2 is 1.95 bits per heavy atom. The summed E-state index contributed by atoms with van der Waals surface area (Å²) >= 11 is 0. The van der Waals surface area contributed by atoms with Gasteiger partial charge < -0.3 is 5.32 Å². The van der Waals surface area contributed by atoms with Gasteiger partial charge in [-0.2, -0.15) is 5.10 Å². The Labute approximate surface area is 121 Å². The van der Waals surface area contributed by atoms with E-state index in [0.717, 1.165) is 18.2 Å². The number of benzene rings is 1. The van der Waals surface area contributed by atoms with Gasteiger partial charge in [0.2, 0.25) is 0 Å². The smallest absolute Gasteiger partial charge is 0.0641 e. The molecule has 0 bridgehead atoms. The van der Waals surface area contributed by atoms with E-state index in [4.69, 9.17) is 0 Å². The van der Waals surface area contributed by atoms with Crippen molar-refractivity contribution in [2.24, 2.45) is 13.0 Å². The Morgan fingerprint density at radius 1 is 1.25 bits per heavy atom. The van der Waals surface area contributed by atoms with Crippen LogP contribution in [0.2, 0.25) is 0 Å². The molecule has 3 nitrogen and oxygen atoms in total. The average Bonchev–Trinajstić information content (AvgIpc) is 3.24. The summed E-state index contributed by atoms with van der Waals surface area (Å²) in [5.41, 5.74) is 5.15. The second kappa shape index (κ2) is 5.41. The molecule has 1 atom stereocenters. The van der Waals surface area contributed by atoms with Crippen LogP contribution in [0.1, 0.15) is 41.4 Å². The SMILES string of the molecule is Cc1nn(C)c(C)c1CNC(c1ccccc1)C1CC1. The summed E-state index contributed by atoms with van der Waals surface area (Å²) in [6.07, 6.45) is 2.69. The van der Waals surface area contributed by atoms with Crippen molar-refractivity contribution in [3.8, 4) is 0 Å². The summed E-state index contributed by atoms with van der Waals surface area (Å²) in [7, 11) is 2.02. The molecule has 0 amide bonds. The summed E-state index contributed by atoms with van der Waals surface area (Å²) in [6.45, 7) is 5.14. The van der Waals surface area contributed by atoms with Crippen molar-refractivity contribution in [2.45, 2.75) is 39.3 Å². The first kappa shape index (κ1) is 13.4. The molecule has 1 aromatic heterocycles. The van der Waals surface area contributed by atoms with Crippen molar-refractivity contribution in [1.29, 1.82) is 0 Å². The highest BCUT2D eigenvalue weighted by atomic mass is 15.3. The van der Waals surface area contributed by atoms with Gasteiger partial charge in [0.15, 0.2) is 0 Å². The largest absolute Gasteiger partial charge is 0.305 e. The predicted octanol–water partition coefficient (Wildman–Crippen LogP) is 3.28. The van der Waals surface area contributed by atoms with Gasteiger partial charge in [-0.05, 0) is 38.2 Å². The van der Waals surface area contributed by atoms with Crippen molar-refractivity contribution in [2.75, 3.05) is 0 Å². The minimum absolute atomic E-state index is 0.482. The third-order valence-corrected chi connectivity index (χ3v) is 4.41. The maximum atomic E-state index is 4.50. The van der Waals surface area contributed by atoms with E-state index in [1.165, 1.54) is 29.7 Å². The van der Waals surface area contributed by atoms with Crippen LogP contribution < -0.4 is 5.32 Å². The molecule has 3 heteroatoms. The Hall–Kier alpha value is -1.61. The zero-order valence-corrected chi connectivity index (χ0v) is 12.6. The van der Waals surface area contributed by atoms with Crippen molar-refractivity contribution in [3.05, 3.63) is 52.8 Å². The molecular formula is C17H23N3. The molecule has 2 aromatic rings. The topological polar surface area (TPSA) is 29.9 Å². The van der Waals surface area contributed by atoms with E-state index in [9.17, 15) is 0 Å². The third-order valence-electron chi connectivity index (χ3n) is 4.41. The molecule has 1 fully saturated rings. The van der Waals surface area contributed by atoms with Crippen LogP contribution in [0.15, 0.2) is 30.3 Å². The van der Waals surface area contributed by atoms with Crippen LogP contribution >= 0.6 is 0 Å². The number of nitrogens with zero attached hydrogens (tertiary/aromatic N) is 2. The quantitative estimate of drug-likeness (QED) is 0.902. The van der Waals surface area contributed by atoms with Crippen LogP contribution in [-0.4, -0.2) is 9.78 Å². The van der Waals surface area contributed by atoms with Crippen molar-refractivity contribution in [3.63, 3.8) is 0 Å². The monoisotopic (exact) mass is 269 g/mol. The van der Waals surface area contributed by atoms with Gasteiger partial charge >= 0.3 is 0 Å². The van der Waals surface area contributed by atoms with Gasteiger partial charge in [-0.1, -0.05) is 30.3 Å². The van der Waals surface area contributed by atoms with E-state index in [-0.39, 0.29) is 0 Å². The van der Waals surface area contributed by atoms with Gasteiger partial charge in [-0.25, -0.2) is 0 Å². The second-order valence-corrected chi connectivity index (χ2v) is 5.88. The first-order valence-electron chi connectivity index (χ1n) is 7.44. The van der Waals surface area contributed by atoms with Crippen LogP contribution in [0.5, 0.6) is 0 Å². The molecule has 0 radical (unpaired) electrons. The first-order valence-corrected chi connectivity index (χ1v) is 7.44. The summed E-state index contributed by atoms with van der Waals surface area (Å²) < 4.78 is 1.97. The van der Waals surface area contributed by atoms with E-state index in [2.05, 4.69) is 54.6 Å². The molecule has 1 aliphatic rings. The Balaban J connectivity index is 1.75. The van der Waals surface area contributed by atoms with Crippen molar-refractivity contribution >= 4 is 0 Å². The van der Waals surface area contributed by atoms with E-state index in [0.29, 0.717) is 6.04 Å². The lowest BCUT2D eigenvalue weighted by Crippen LogP contribution is -2.23. The second-order valence-electron chi connectivity index (χ2n) is 5.88. The predicted molar refractivity (Wildman–Crippen MR) is 81.4 cm³/mol. The van der Waals surface area contributed by atoms with Gasteiger partial charge in [0.25, 0.3) is 0 Å². The van der Waals surface area contributed by atoms with E-state index in [1.807, 2.05) is 11.7 Å². The highest BCUT2D eigenvalue weighted by Gasteiger charge is 2.32. The molecule has 1 heterocycles. The van der Waals surface area contributed by atoms with E-state index in [1.54, 1.807) is 0 Å². The number of hydrogen-bond acceptors (Lipinski definition) is 2. The third kappa shape index (κ3) is 2.63.